The number of hydrogen-bond acceptors (Lipinski definition) is 7. The van der Waals surface area contributed by atoms with E-state index in [1.807, 2.05) is 12.1 Å². The van der Waals surface area contributed by atoms with Gasteiger partial charge in [0.05, 0.1) is 7.11 Å². The van der Waals surface area contributed by atoms with Gasteiger partial charge in [-0.3, -0.25) is 10.1 Å². The molecule has 5 N–H and O–H groups in total. The van der Waals surface area contributed by atoms with Crippen molar-refractivity contribution in [3.8, 4) is 0 Å². The van der Waals surface area contributed by atoms with Crippen LogP contribution in [0.5, 0.6) is 0 Å². The van der Waals surface area contributed by atoms with Crippen LogP contribution in [0.1, 0.15) is 36.8 Å². The molecular formula is C19H25Br4N5O2. The van der Waals surface area contributed by atoms with E-state index in [4.69, 9.17) is 16.2 Å². The van der Waals surface area contributed by atoms with E-state index in [1.54, 1.807) is 12.4 Å². The third-order valence-corrected chi connectivity index (χ3v) is 6.20. The van der Waals surface area contributed by atoms with E-state index in [0.717, 1.165) is 51.1 Å². The van der Waals surface area contributed by atoms with E-state index in [9.17, 15) is 4.79 Å². The number of rotatable bonds is 5. The van der Waals surface area contributed by atoms with Crippen molar-refractivity contribution in [2.24, 2.45) is 0 Å². The molecule has 0 unspecified atom stereocenters. The minimum Gasteiger partial charge on any atom is -0.468 e. The number of hydrogen-bond donors (Lipinski definition) is 3. The van der Waals surface area contributed by atoms with Crippen molar-refractivity contribution in [3.05, 3.63) is 44.6 Å². The van der Waals surface area contributed by atoms with Gasteiger partial charge in [-0.2, -0.15) is 0 Å². The monoisotopic (exact) mass is 671 g/mol. The smallest absolute Gasteiger partial charge is 0.326 e. The fourth-order valence-electron chi connectivity index (χ4n) is 3.12. The summed E-state index contributed by atoms with van der Waals surface area (Å²) >= 11 is 9.97. The van der Waals surface area contributed by atoms with Gasteiger partial charge in [-0.1, -0.05) is 28.8 Å². The number of esters is 1. The van der Waals surface area contributed by atoms with Crippen LogP contribution in [0.2, 0.25) is 0 Å². The van der Waals surface area contributed by atoms with Crippen molar-refractivity contribution in [3.63, 3.8) is 0 Å². The lowest BCUT2D eigenvalue weighted by Gasteiger charge is -2.27. The Kier molecular flexibility index (Phi) is 11.8. The van der Waals surface area contributed by atoms with Crippen molar-refractivity contribution < 1.29 is 9.53 Å². The second-order valence-corrected chi connectivity index (χ2v) is 9.06. The molecule has 1 fully saturated rings. The van der Waals surface area contributed by atoms with Crippen LogP contribution in [0.15, 0.2) is 33.5 Å². The zero-order chi connectivity index (χ0) is 21.4. The molecule has 30 heavy (non-hydrogen) atoms. The molecule has 0 aromatic carbocycles. The first-order valence-corrected chi connectivity index (χ1v) is 11.7. The molecule has 0 radical (unpaired) electrons. The first-order valence-electron chi connectivity index (χ1n) is 9.00. The maximum Gasteiger partial charge on any atom is 0.326 e. The van der Waals surface area contributed by atoms with Gasteiger partial charge < -0.3 is 16.2 Å². The number of nitrogens with one attached hydrogen (secondary N) is 1. The van der Waals surface area contributed by atoms with Gasteiger partial charge in [-0.25, -0.2) is 9.97 Å². The third kappa shape index (κ3) is 7.44. The molecule has 2 aromatic heterocycles. The van der Waals surface area contributed by atoms with Gasteiger partial charge in [0, 0.05) is 44.3 Å². The molecule has 0 aliphatic heterocycles. The Hall–Kier alpha value is -0.750. The fourth-order valence-corrected chi connectivity index (χ4v) is 4.33. The van der Waals surface area contributed by atoms with Crippen molar-refractivity contribution >= 4 is 82.4 Å². The van der Waals surface area contributed by atoms with Gasteiger partial charge in [0.1, 0.15) is 17.2 Å². The molecule has 1 aliphatic carbocycles. The number of nitrogen functional groups attached to an aromatic ring is 2. The Balaban J connectivity index is 0.000000348. The first-order chi connectivity index (χ1) is 13.8. The number of carbonyl (C=O) groups is 1. The number of anilines is 2. The van der Waals surface area contributed by atoms with E-state index >= 15 is 0 Å². The molecule has 0 atom stereocenters. The first kappa shape index (κ1) is 27.3. The van der Waals surface area contributed by atoms with Crippen LogP contribution in [0.3, 0.4) is 0 Å². The van der Waals surface area contributed by atoms with Crippen LogP contribution in [-0.4, -0.2) is 28.6 Å². The number of pyridine rings is 2. The second-order valence-electron chi connectivity index (χ2n) is 6.66. The average molecular weight is 675 g/mol. The molecule has 0 amide bonds. The summed E-state index contributed by atoms with van der Waals surface area (Å²) in [5.41, 5.74) is 12.7. The SMILES string of the molecule is Br.COC(=O)C1(NCc2cc(Br)cnc2N)CCCC1.Nc1ncc(Br)cc1CBr. The highest BCUT2D eigenvalue weighted by Crippen LogP contribution is 2.31. The third-order valence-electron chi connectivity index (χ3n) is 4.73. The molecule has 3 rings (SSSR count). The van der Waals surface area contributed by atoms with E-state index in [1.165, 1.54) is 7.11 Å². The lowest BCUT2D eigenvalue weighted by Crippen LogP contribution is -2.50. The van der Waals surface area contributed by atoms with Crippen LogP contribution >= 0.6 is 64.8 Å². The summed E-state index contributed by atoms with van der Waals surface area (Å²) in [6.45, 7) is 0.507. The number of carbonyl (C=O) groups excluding carboxylic acids is 1. The summed E-state index contributed by atoms with van der Waals surface area (Å²) < 4.78 is 6.75. The van der Waals surface area contributed by atoms with Crippen molar-refractivity contribution in [2.45, 2.75) is 43.1 Å². The lowest BCUT2D eigenvalue weighted by atomic mass is 9.97. The number of ether oxygens (including phenoxy) is 1. The summed E-state index contributed by atoms with van der Waals surface area (Å²) in [5, 5.41) is 4.06. The Labute approximate surface area is 212 Å². The summed E-state index contributed by atoms with van der Waals surface area (Å²) in [7, 11) is 1.43. The minimum absolute atomic E-state index is 0. The fraction of sp³-hybridized carbons (Fsp3) is 0.421. The summed E-state index contributed by atoms with van der Waals surface area (Å²) in [6, 6.07) is 3.85. The Bertz CT molecular complexity index is 848. The highest BCUT2D eigenvalue weighted by molar-refractivity contribution is 9.10. The van der Waals surface area contributed by atoms with Gasteiger partial charge in [-0.05, 0) is 56.8 Å². The molecule has 1 aliphatic rings. The number of nitrogens with zero attached hydrogens (tertiary/aromatic N) is 2. The molecule has 2 heterocycles. The molecular weight excluding hydrogens is 650 g/mol. The summed E-state index contributed by atoms with van der Waals surface area (Å²) in [5.74, 6) is 0.875. The van der Waals surface area contributed by atoms with Crippen molar-refractivity contribution in [1.29, 1.82) is 0 Å². The standard InChI is InChI=1S/C13H18BrN3O2.C6H6Br2N2.BrH/c1-19-12(18)13(4-2-3-5-13)17-7-9-6-10(14)8-16-11(9)15;7-2-4-1-5(8)3-10-6(4)9;/h6,8,17H,2-5,7H2,1H3,(H2,15,16);1,3H,2H2,(H2,9,10);1H. The van der Waals surface area contributed by atoms with E-state index in [0.29, 0.717) is 18.2 Å². The van der Waals surface area contributed by atoms with Gasteiger partial charge in [-0.15, -0.1) is 17.0 Å². The average Bonchev–Trinajstić information content (AvgIpc) is 3.20. The molecule has 0 bridgehead atoms. The quantitative estimate of drug-likeness (QED) is 0.305. The van der Waals surface area contributed by atoms with Crippen molar-refractivity contribution in [2.75, 3.05) is 18.6 Å². The molecule has 7 nitrogen and oxygen atoms in total. The highest BCUT2D eigenvalue weighted by Gasteiger charge is 2.41. The van der Waals surface area contributed by atoms with Gasteiger partial charge in [0.2, 0.25) is 0 Å². The highest BCUT2D eigenvalue weighted by atomic mass is 79.9. The minimum atomic E-state index is -0.566. The summed E-state index contributed by atoms with van der Waals surface area (Å²) in [4.78, 5) is 20.0. The number of nitrogens with two attached hydrogens (primary N) is 2. The van der Waals surface area contributed by atoms with Gasteiger partial charge in [0.25, 0.3) is 0 Å². The molecule has 1 saturated carbocycles. The molecule has 0 spiro atoms. The van der Waals surface area contributed by atoms with E-state index in [2.05, 4.69) is 63.1 Å². The topological polar surface area (TPSA) is 116 Å². The zero-order valence-corrected chi connectivity index (χ0v) is 22.9. The van der Waals surface area contributed by atoms with Crippen LogP contribution in [0, 0.1) is 0 Å². The number of aromatic nitrogens is 2. The summed E-state index contributed by atoms with van der Waals surface area (Å²) in [6.07, 6.45) is 7.02. The molecule has 2 aromatic rings. The molecule has 0 saturated heterocycles. The predicted molar refractivity (Wildman–Crippen MR) is 136 cm³/mol. The van der Waals surface area contributed by atoms with Gasteiger partial charge in [0.15, 0.2) is 0 Å². The Morgan fingerprint density at radius 3 is 2.07 bits per heavy atom. The number of halogens is 4. The van der Waals surface area contributed by atoms with Crippen LogP contribution in [-0.2, 0) is 21.4 Å². The van der Waals surface area contributed by atoms with Crippen LogP contribution < -0.4 is 16.8 Å². The maximum atomic E-state index is 12.0. The van der Waals surface area contributed by atoms with Crippen molar-refractivity contribution in [1.82, 2.24) is 15.3 Å². The van der Waals surface area contributed by atoms with E-state index in [-0.39, 0.29) is 23.0 Å². The Morgan fingerprint density at radius 2 is 1.60 bits per heavy atom. The number of methoxy groups -OCH3 is 1. The molecule has 166 valence electrons. The maximum absolute atomic E-state index is 12.0. The zero-order valence-electron chi connectivity index (χ0n) is 16.5. The number of alkyl halides is 1. The normalized spacial score (nSPS) is 14.3. The van der Waals surface area contributed by atoms with Crippen LogP contribution in [0.25, 0.3) is 0 Å². The van der Waals surface area contributed by atoms with E-state index < -0.39 is 5.54 Å². The predicted octanol–water partition coefficient (Wildman–Crippen LogP) is 4.90. The van der Waals surface area contributed by atoms with Gasteiger partial charge >= 0.3 is 5.97 Å². The Morgan fingerprint density at radius 1 is 1.10 bits per heavy atom. The lowest BCUT2D eigenvalue weighted by molar-refractivity contribution is -0.148. The largest absolute Gasteiger partial charge is 0.468 e. The second kappa shape index (κ2) is 12.9. The van der Waals surface area contributed by atoms with Crippen LogP contribution in [0.4, 0.5) is 11.6 Å². The molecule has 11 heteroatoms.